The first-order chi connectivity index (χ1) is 8.68. The fourth-order valence-electron chi connectivity index (χ4n) is 2.99. The molecule has 5 heteroatoms. The number of nitrogens with zero attached hydrogens (tertiary/aromatic N) is 1. The van der Waals surface area contributed by atoms with E-state index in [2.05, 4.69) is 4.98 Å². The van der Waals surface area contributed by atoms with E-state index in [1.54, 1.807) is 11.8 Å². The molecule has 0 aromatic carbocycles. The Labute approximate surface area is 110 Å². The lowest BCUT2D eigenvalue weighted by molar-refractivity contribution is 0.0697. The molecule has 0 unspecified atom stereocenters. The second-order valence-corrected chi connectivity index (χ2v) is 5.98. The number of nitrogen functional groups attached to an aromatic ring is 1. The number of thioether (sulfide) groups is 1. The quantitative estimate of drug-likeness (QED) is 0.859. The minimum Gasteiger partial charge on any atom is -0.478 e. The maximum atomic E-state index is 11.4. The van der Waals surface area contributed by atoms with E-state index in [1.807, 2.05) is 0 Å². The van der Waals surface area contributed by atoms with Gasteiger partial charge in [0.25, 0.3) is 0 Å². The molecule has 0 saturated heterocycles. The Morgan fingerprint density at radius 2 is 2.06 bits per heavy atom. The molecule has 2 aliphatic rings. The maximum Gasteiger partial charge on any atom is 0.338 e. The van der Waals surface area contributed by atoms with Crippen LogP contribution in [0.5, 0.6) is 0 Å². The minimum absolute atomic E-state index is 0.312. The van der Waals surface area contributed by atoms with Gasteiger partial charge < -0.3 is 10.8 Å². The molecule has 4 nitrogen and oxygen atoms in total. The molecule has 0 bridgehead atoms. The lowest BCUT2D eigenvalue weighted by Crippen LogP contribution is -2.14. The van der Waals surface area contributed by atoms with Crippen LogP contribution in [0.15, 0.2) is 0 Å². The van der Waals surface area contributed by atoms with Crippen LogP contribution in [-0.4, -0.2) is 16.1 Å². The fourth-order valence-corrected chi connectivity index (χ4v) is 4.04. The molecule has 3 N–H and O–H groups in total. The molecule has 1 aromatic heterocycles. The number of anilines is 1. The van der Waals surface area contributed by atoms with Gasteiger partial charge >= 0.3 is 5.97 Å². The Kier molecular flexibility index (Phi) is 2.93. The van der Waals surface area contributed by atoms with Crippen LogP contribution in [0.25, 0.3) is 0 Å². The number of pyridine rings is 1. The third-order valence-corrected chi connectivity index (χ3v) is 4.86. The summed E-state index contributed by atoms with van der Waals surface area (Å²) in [5, 5.41) is 9.38. The van der Waals surface area contributed by atoms with E-state index in [4.69, 9.17) is 5.73 Å². The van der Waals surface area contributed by atoms with Crippen molar-refractivity contribution in [3.8, 4) is 0 Å². The molecule has 0 amide bonds. The van der Waals surface area contributed by atoms with Gasteiger partial charge in [-0.05, 0) is 12.8 Å². The van der Waals surface area contributed by atoms with Gasteiger partial charge in [0.1, 0.15) is 0 Å². The molecular formula is C13H16N2O2S. The highest BCUT2D eigenvalue weighted by Crippen LogP contribution is 2.41. The van der Waals surface area contributed by atoms with E-state index in [0.29, 0.717) is 17.2 Å². The molecule has 1 aliphatic carbocycles. The van der Waals surface area contributed by atoms with E-state index in [9.17, 15) is 9.90 Å². The normalized spacial score (nSPS) is 19.1. The predicted molar refractivity (Wildman–Crippen MR) is 71.8 cm³/mol. The lowest BCUT2D eigenvalue weighted by atomic mass is 9.96. The van der Waals surface area contributed by atoms with Crippen molar-refractivity contribution in [2.24, 2.45) is 0 Å². The number of rotatable bonds is 2. The molecule has 0 atom stereocenters. The van der Waals surface area contributed by atoms with E-state index in [-0.39, 0.29) is 0 Å². The zero-order chi connectivity index (χ0) is 12.7. The third-order valence-electron chi connectivity index (χ3n) is 3.89. The molecular weight excluding hydrogens is 248 g/mol. The fraction of sp³-hybridized carbons (Fsp3) is 0.538. The summed E-state index contributed by atoms with van der Waals surface area (Å²) in [6, 6.07) is 0. The van der Waals surface area contributed by atoms with Crippen LogP contribution in [-0.2, 0) is 11.5 Å². The number of aromatic carboxylic acids is 1. The third kappa shape index (κ3) is 1.77. The summed E-state index contributed by atoms with van der Waals surface area (Å²) in [7, 11) is 0. The first-order valence-electron chi connectivity index (χ1n) is 6.30. The van der Waals surface area contributed by atoms with Gasteiger partial charge in [0.05, 0.1) is 22.6 Å². The number of aromatic nitrogens is 1. The molecule has 18 heavy (non-hydrogen) atoms. The van der Waals surface area contributed by atoms with Gasteiger partial charge in [0, 0.05) is 23.0 Å². The smallest absolute Gasteiger partial charge is 0.338 e. The molecule has 3 rings (SSSR count). The predicted octanol–water partition coefficient (Wildman–Crippen LogP) is 2.77. The van der Waals surface area contributed by atoms with Crippen molar-refractivity contribution < 1.29 is 9.90 Å². The van der Waals surface area contributed by atoms with Gasteiger partial charge in [-0.3, -0.25) is 4.98 Å². The van der Waals surface area contributed by atoms with E-state index < -0.39 is 5.97 Å². The standard InChI is InChI=1S/C13H16N2O2S/c14-11-10(13(16)17)8-5-18-6-9(8)15-12(11)7-3-1-2-4-7/h7H,1-6,14H2,(H,16,17). The first-order valence-corrected chi connectivity index (χ1v) is 7.46. The molecule has 0 radical (unpaired) electrons. The van der Waals surface area contributed by atoms with Crippen molar-refractivity contribution in [3.05, 3.63) is 22.5 Å². The summed E-state index contributed by atoms with van der Waals surface area (Å²) in [6.07, 6.45) is 4.56. The van der Waals surface area contributed by atoms with Crippen molar-refractivity contribution in [1.29, 1.82) is 0 Å². The van der Waals surface area contributed by atoms with Crippen molar-refractivity contribution in [1.82, 2.24) is 4.98 Å². The average Bonchev–Trinajstić information content (AvgIpc) is 2.97. The Balaban J connectivity index is 2.15. The highest BCUT2D eigenvalue weighted by Gasteiger charge is 2.29. The highest BCUT2D eigenvalue weighted by molar-refractivity contribution is 7.98. The monoisotopic (exact) mass is 264 g/mol. The first kappa shape index (κ1) is 11.8. The van der Waals surface area contributed by atoms with Gasteiger partial charge in [0.15, 0.2) is 0 Å². The second-order valence-electron chi connectivity index (χ2n) is 4.99. The summed E-state index contributed by atoms with van der Waals surface area (Å²) >= 11 is 1.71. The van der Waals surface area contributed by atoms with E-state index in [1.165, 1.54) is 12.8 Å². The maximum absolute atomic E-state index is 11.4. The van der Waals surface area contributed by atoms with Crippen molar-refractivity contribution in [2.45, 2.75) is 43.1 Å². The number of fused-ring (bicyclic) bond motifs is 1. The van der Waals surface area contributed by atoms with E-state index >= 15 is 0 Å². The number of nitrogens with two attached hydrogens (primary N) is 1. The van der Waals surface area contributed by atoms with Crippen LogP contribution in [0.2, 0.25) is 0 Å². The van der Waals surface area contributed by atoms with Crippen LogP contribution >= 0.6 is 11.8 Å². The minimum atomic E-state index is -0.909. The number of carbonyl (C=O) groups is 1. The summed E-state index contributed by atoms with van der Waals surface area (Å²) in [5.74, 6) is 0.987. The van der Waals surface area contributed by atoms with Crippen LogP contribution in [0.1, 0.15) is 58.9 Å². The summed E-state index contributed by atoms with van der Waals surface area (Å²) in [4.78, 5) is 16.1. The number of hydrogen-bond acceptors (Lipinski definition) is 4. The van der Waals surface area contributed by atoms with Crippen molar-refractivity contribution >= 4 is 23.4 Å². The van der Waals surface area contributed by atoms with Crippen LogP contribution in [0.3, 0.4) is 0 Å². The van der Waals surface area contributed by atoms with Crippen LogP contribution in [0.4, 0.5) is 5.69 Å². The molecule has 1 fully saturated rings. The van der Waals surface area contributed by atoms with Gasteiger partial charge in [-0.15, -0.1) is 0 Å². The van der Waals surface area contributed by atoms with Crippen molar-refractivity contribution in [3.63, 3.8) is 0 Å². The lowest BCUT2D eigenvalue weighted by Gasteiger charge is -2.16. The topological polar surface area (TPSA) is 76.2 Å². The van der Waals surface area contributed by atoms with Gasteiger partial charge in [-0.1, -0.05) is 12.8 Å². The Bertz CT molecular complexity index is 510. The summed E-state index contributed by atoms with van der Waals surface area (Å²) in [6.45, 7) is 0. The molecule has 1 saturated carbocycles. The summed E-state index contributed by atoms with van der Waals surface area (Å²) < 4.78 is 0. The number of hydrogen-bond donors (Lipinski definition) is 2. The van der Waals surface area contributed by atoms with Crippen LogP contribution < -0.4 is 5.73 Å². The number of carboxylic acid groups (broad SMARTS) is 1. The van der Waals surface area contributed by atoms with Gasteiger partial charge in [-0.25, -0.2) is 4.79 Å². The van der Waals surface area contributed by atoms with Gasteiger partial charge in [0.2, 0.25) is 0 Å². The Morgan fingerprint density at radius 1 is 1.33 bits per heavy atom. The summed E-state index contributed by atoms with van der Waals surface area (Å²) in [5.41, 5.74) is 9.43. The molecule has 2 heterocycles. The SMILES string of the molecule is Nc1c(C2CCCC2)nc2c(c1C(=O)O)CSC2. The highest BCUT2D eigenvalue weighted by atomic mass is 32.2. The van der Waals surface area contributed by atoms with Crippen LogP contribution in [0, 0.1) is 0 Å². The van der Waals surface area contributed by atoms with Gasteiger partial charge in [-0.2, -0.15) is 11.8 Å². The number of carboxylic acids is 1. The molecule has 1 aliphatic heterocycles. The molecule has 0 spiro atoms. The zero-order valence-electron chi connectivity index (χ0n) is 10.1. The molecule has 1 aromatic rings. The van der Waals surface area contributed by atoms with E-state index in [0.717, 1.165) is 41.3 Å². The average molecular weight is 264 g/mol. The Morgan fingerprint density at radius 3 is 2.72 bits per heavy atom. The Hall–Kier alpha value is -1.23. The largest absolute Gasteiger partial charge is 0.478 e. The zero-order valence-corrected chi connectivity index (χ0v) is 10.9. The molecule has 96 valence electrons. The van der Waals surface area contributed by atoms with Crippen molar-refractivity contribution in [2.75, 3.05) is 5.73 Å². The second kappa shape index (κ2) is 4.46.